The topological polar surface area (TPSA) is 51.1 Å². The van der Waals surface area contributed by atoms with Crippen molar-refractivity contribution in [3.8, 4) is 0 Å². The highest BCUT2D eigenvalue weighted by molar-refractivity contribution is 5.94. The lowest BCUT2D eigenvalue weighted by Gasteiger charge is -2.18. The fraction of sp³-hybridized carbons (Fsp3) is 0.250. The highest BCUT2D eigenvalue weighted by atomic mass is 16.2. The summed E-state index contributed by atoms with van der Waals surface area (Å²) < 4.78 is 1.49. The van der Waals surface area contributed by atoms with Crippen molar-refractivity contribution in [3.05, 3.63) is 64.1 Å². The van der Waals surface area contributed by atoms with Gasteiger partial charge in [0.2, 0.25) is 5.91 Å². The minimum Gasteiger partial charge on any atom is -0.324 e. The number of para-hydroxylation sites is 1. The van der Waals surface area contributed by atoms with Gasteiger partial charge in [-0.05, 0) is 38.5 Å². The molecule has 0 fully saturated rings. The number of nitrogens with one attached hydrogen (secondary N) is 1. The second-order valence-electron chi connectivity index (χ2n) is 4.86. The van der Waals surface area contributed by atoms with Crippen LogP contribution in [0.5, 0.6) is 0 Å². The molecule has 0 bridgehead atoms. The average Bonchev–Trinajstić information content (AvgIpc) is 2.41. The van der Waals surface area contributed by atoms with Crippen LogP contribution in [0.4, 0.5) is 5.69 Å². The molecule has 4 nitrogen and oxygen atoms in total. The summed E-state index contributed by atoms with van der Waals surface area (Å²) in [6.45, 7) is 5.47. The van der Waals surface area contributed by atoms with E-state index in [2.05, 4.69) is 5.32 Å². The lowest BCUT2D eigenvalue weighted by atomic mass is 10.2. The lowest BCUT2D eigenvalue weighted by molar-refractivity contribution is -0.118. The van der Waals surface area contributed by atoms with Gasteiger partial charge in [0.25, 0.3) is 5.56 Å². The van der Waals surface area contributed by atoms with Crippen LogP contribution in [-0.4, -0.2) is 10.5 Å². The van der Waals surface area contributed by atoms with E-state index in [9.17, 15) is 9.59 Å². The first kappa shape index (κ1) is 14.1. The van der Waals surface area contributed by atoms with Gasteiger partial charge in [-0.3, -0.25) is 9.59 Å². The molecule has 1 atom stereocenters. The van der Waals surface area contributed by atoms with Gasteiger partial charge in [-0.15, -0.1) is 0 Å². The second kappa shape index (κ2) is 5.74. The van der Waals surface area contributed by atoms with Crippen molar-refractivity contribution in [1.29, 1.82) is 0 Å². The number of hydrogen-bond donors (Lipinski definition) is 1. The van der Waals surface area contributed by atoms with E-state index in [1.165, 1.54) is 10.6 Å². The SMILES string of the molecule is Cc1ccccc1NC(=O)C(C)n1c(C)cccc1=O. The van der Waals surface area contributed by atoms with E-state index in [0.717, 1.165) is 16.9 Å². The van der Waals surface area contributed by atoms with Crippen molar-refractivity contribution in [2.24, 2.45) is 0 Å². The molecule has 1 aromatic carbocycles. The number of aromatic nitrogens is 1. The van der Waals surface area contributed by atoms with Crippen molar-refractivity contribution >= 4 is 11.6 Å². The first-order chi connectivity index (χ1) is 9.50. The van der Waals surface area contributed by atoms with Gasteiger partial charge in [0.15, 0.2) is 0 Å². The normalized spacial score (nSPS) is 11.9. The maximum absolute atomic E-state index is 12.3. The van der Waals surface area contributed by atoms with Crippen molar-refractivity contribution in [2.45, 2.75) is 26.8 Å². The van der Waals surface area contributed by atoms with Gasteiger partial charge in [0.05, 0.1) is 0 Å². The molecule has 0 aliphatic rings. The molecule has 0 saturated carbocycles. The predicted molar refractivity (Wildman–Crippen MR) is 80.0 cm³/mol. The summed E-state index contributed by atoms with van der Waals surface area (Å²) in [7, 11) is 0. The molecule has 0 saturated heterocycles. The molecule has 1 aromatic heterocycles. The first-order valence-electron chi connectivity index (χ1n) is 6.55. The van der Waals surface area contributed by atoms with E-state index in [4.69, 9.17) is 0 Å². The summed E-state index contributed by atoms with van der Waals surface area (Å²) in [4.78, 5) is 24.2. The van der Waals surface area contributed by atoms with Gasteiger partial charge >= 0.3 is 0 Å². The monoisotopic (exact) mass is 270 g/mol. The minimum atomic E-state index is -0.552. The fourth-order valence-corrected chi connectivity index (χ4v) is 2.17. The Morgan fingerprint density at radius 3 is 2.45 bits per heavy atom. The maximum atomic E-state index is 12.3. The number of aryl methyl sites for hydroxylation is 2. The van der Waals surface area contributed by atoms with E-state index in [-0.39, 0.29) is 11.5 Å². The number of amides is 1. The zero-order valence-corrected chi connectivity index (χ0v) is 11.9. The molecule has 20 heavy (non-hydrogen) atoms. The standard InChI is InChI=1S/C16H18N2O2/c1-11-7-4-5-9-14(11)17-16(20)13(3)18-12(2)8-6-10-15(18)19/h4-10,13H,1-3H3,(H,17,20). The Balaban J connectivity index is 2.26. The molecule has 1 heterocycles. The molecule has 2 rings (SSSR count). The lowest BCUT2D eigenvalue weighted by Crippen LogP contribution is -2.32. The molecule has 1 amide bonds. The van der Waals surface area contributed by atoms with Crippen LogP contribution in [-0.2, 0) is 4.79 Å². The maximum Gasteiger partial charge on any atom is 0.251 e. The van der Waals surface area contributed by atoms with Crippen LogP contribution in [0, 0.1) is 13.8 Å². The molecule has 0 spiro atoms. The Bertz CT molecular complexity index is 689. The zero-order valence-electron chi connectivity index (χ0n) is 11.9. The van der Waals surface area contributed by atoms with Gasteiger partial charge in [0, 0.05) is 17.4 Å². The number of carbonyl (C=O) groups excluding carboxylic acids is 1. The van der Waals surface area contributed by atoms with Crippen LogP contribution in [0.3, 0.4) is 0 Å². The van der Waals surface area contributed by atoms with Crippen LogP contribution in [0.15, 0.2) is 47.3 Å². The van der Waals surface area contributed by atoms with Gasteiger partial charge in [0.1, 0.15) is 6.04 Å². The fourth-order valence-electron chi connectivity index (χ4n) is 2.17. The van der Waals surface area contributed by atoms with Crippen LogP contribution >= 0.6 is 0 Å². The van der Waals surface area contributed by atoms with Crippen LogP contribution in [0.2, 0.25) is 0 Å². The Hall–Kier alpha value is -2.36. The summed E-state index contributed by atoms with van der Waals surface area (Å²) in [5.74, 6) is -0.198. The molecule has 0 radical (unpaired) electrons. The molecule has 4 heteroatoms. The van der Waals surface area contributed by atoms with Gasteiger partial charge in [-0.1, -0.05) is 24.3 Å². The van der Waals surface area contributed by atoms with E-state index in [1.807, 2.05) is 44.2 Å². The Kier molecular flexibility index (Phi) is 4.03. The van der Waals surface area contributed by atoms with E-state index < -0.39 is 6.04 Å². The highest BCUT2D eigenvalue weighted by Crippen LogP contribution is 2.16. The summed E-state index contributed by atoms with van der Waals surface area (Å²) in [5, 5.41) is 2.86. The smallest absolute Gasteiger partial charge is 0.251 e. The average molecular weight is 270 g/mol. The van der Waals surface area contributed by atoms with E-state index in [1.54, 1.807) is 13.0 Å². The third kappa shape index (κ3) is 2.79. The van der Waals surface area contributed by atoms with E-state index >= 15 is 0 Å². The Labute approximate surface area is 118 Å². The first-order valence-corrected chi connectivity index (χ1v) is 6.55. The Morgan fingerprint density at radius 2 is 1.80 bits per heavy atom. The van der Waals surface area contributed by atoms with Crippen molar-refractivity contribution < 1.29 is 4.79 Å². The molecule has 0 aliphatic heterocycles. The van der Waals surface area contributed by atoms with Crippen LogP contribution < -0.4 is 10.9 Å². The van der Waals surface area contributed by atoms with Crippen molar-refractivity contribution in [1.82, 2.24) is 4.57 Å². The molecule has 104 valence electrons. The summed E-state index contributed by atoms with van der Waals surface area (Å²) in [6, 6.07) is 12.0. The van der Waals surface area contributed by atoms with Gasteiger partial charge in [-0.25, -0.2) is 0 Å². The van der Waals surface area contributed by atoms with Gasteiger partial charge < -0.3 is 9.88 Å². The molecular formula is C16H18N2O2. The second-order valence-corrected chi connectivity index (χ2v) is 4.86. The van der Waals surface area contributed by atoms with Crippen LogP contribution in [0.25, 0.3) is 0 Å². The van der Waals surface area contributed by atoms with Crippen molar-refractivity contribution in [3.63, 3.8) is 0 Å². The highest BCUT2D eigenvalue weighted by Gasteiger charge is 2.17. The zero-order chi connectivity index (χ0) is 14.7. The van der Waals surface area contributed by atoms with Gasteiger partial charge in [-0.2, -0.15) is 0 Å². The third-order valence-corrected chi connectivity index (χ3v) is 3.36. The molecular weight excluding hydrogens is 252 g/mol. The number of nitrogens with zero attached hydrogens (tertiary/aromatic N) is 1. The predicted octanol–water partition coefficient (Wildman–Crippen LogP) is 2.66. The summed E-state index contributed by atoms with van der Waals surface area (Å²) in [5.41, 5.74) is 2.36. The molecule has 2 aromatic rings. The molecule has 1 unspecified atom stereocenters. The Morgan fingerprint density at radius 1 is 1.10 bits per heavy atom. The summed E-state index contributed by atoms with van der Waals surface area (Å²) in [6.07, 6.45) is 0. The number of carbonyl (C=O) groups is 1. The van der Waals surface area contributed by atoms with Crippen LogP contribution in [0.1, 0.15) is 24.2 Å². The summed E-state index contributed by atoms with van der Waals surface area (Å²) >= 11 is 0. The molecule has 0 aliphatic carbocycles. The number of hydrogen-bond acceptors (Lipinski definition) is 2. The molecule has 1 N–H and O–H groups in total. The number of pyridine rings is 1. The largest absolute Gasteiger partial charge is 0.324 e. The number of anilines is 1. The quantitative estimate of drug-likeness (QED) is 0.932. The minimum absolute atomic E-state index is 0.169. The van der Waals surface area contributed by atoms with E-state index in [0.29, 0.717) is 0 Å². The number of rotatable bonds is 3. The number of benzene rings is 1. The third-order valence-electron chi connectivity index (χ3n) is 3.36. The van der Waals surface area contributed by atoms with Crippen molar-refractivity contribution in [2.75, 3.05) is 5.32 Å².